The van der Waals surface area contributed by atoms with Crippen LogP contribution in [-0.4, -0.2) is 5.91 Å². The average molecular weight is 256 g/mol. The van der Waals surface area contributed by atoms with Crippen LogP contribution in [0.5, 0.6) is 0 Å². The van der Waals surface area contributed by atoms with E-state index in [1.807, 2.05) is 37.3 Å². The van der Waals surface area contributed by atoms with Crippen LogP contribution in [0.2, 0.25) is 0 Å². The van der Waals surface area contributed by atoms with Gasteiger partial charge in [-0.2, -0.15) is 0 Å². The molecule has 76 valence electrons. The number of benzene rings is 1. The summed E-state index contributed by atoms with van der Waals surface area (Å²) in [6, 6.07) is 9.56. The van der Waals surface area contributed by atoms with Crippen LogP contribution in [0, 0.1) is 0 Å². The number of amides is 1. The fourth-order valence-corrected chi connectivity index (χ4v) is 2.12. The molecule has 0 aliphatic heterocycles. The molecule has 2 nitrogen and oxygen atoms in total. The Morgan fingerprint density at radius 2 is 2.00 bits per heavy atom. The molecule has 0 radical (unpaired) electrons. The predicted octanol–water partition coefficient (Wildman–Crippen LogP) is 2.56. The molecule has 0 aromatic heterocycles. The number of rotatable bonds is 4. The Balaban J connectivity index is 3.06. The minimum absolute atomic E-state index is 0.328. The first-order valence-corrected chi connectivity index (χ1v) is 5.45. The van der Waals surface area contributed by atoms with Crippen LogP contribution in [0.15, 0.2) is 30.3 Å². The van der Waals surface area contributed by atoms with Gasteiger partial charge in [-0.3, -0.25) is 4.79 Å². The number of halogens is 1. The van der Waals surface area contributed by atoms with Crippen molar-refractivity contribution in [2.75, 3.05) is 0 Å². The van der Waals surface area contributed by atoms with Crippen molar-refractivity contribution in [2.24, 2.45) is 5.73 Å². The van der Waals surface area contributed by atoms with Crippen LogP contribution in [0.25, 0.3) is 0 Å². The molecular weight excluding hydrogens is 242 g/mol. The van der Waals surface area contributed by atoms with Gasteiger partial charge in [-0.1, -0.05) is 59.6 Å². The highest BCUT2D eigenvalue weighted by molar-refractivity contribution is 9.10. The summed E-state index contributed by atoms with van der Waals surface area (Å²) in [4.78, 5) is 11.4. The number of carbonyl (C=O) groups is 1. The molecule has 0 aliphatic rings. The zero-order valence-electron chi connectivity index (χ0n) is 8.16. The van der Waals surface area contributed by atoms with Gasteiger partial charge in [0.25, 0.3) is 0 Å². The molecule has 0 aliphatic carbocycles. The first kappa shape index (κ1) is 11.2. The first-order valence-electron chi connectivity index (χ1n) is 4.65. The fraction of sp³-hybridized carbons (Fsp3) is 0.364. The smallest absolute Gasteiger partial charge is 0.238 e. The fourth-order valence-electron chi connectivity index (χ4n) is 1.46. The molecular formula is C11H14BrNO. The highest BCUT2D eigenvalue weighted by atomic mass is 79.9. The lowest BCUT2D eigenvalue weighted by Gasteiger charge is -2.23. The average Bonchev–Trinajstić information content (AvgIpc) is 2.19. The van der Waals surface area contributed by atoms with E-state index in [1.165, 1.54) is 0 Å². The van der Waals surface area contributed by atoms with Crippen molar-refractivity contribution >= 4 is 21.8 Å². The van der Waals surface area contributed by atoms with Crippen LogP contribution < -0.4 is 5.73 Å². The number of nitrogens with two attached hydrogens (primary N) is 1. The van der Waals surface area contributed by atoms with Crippen LogP contribution in [0.4, 0.5) is 0 Å². The second-order valence-corrected chi connectivity index (χ2v) is 4.64. The molecule has 1 amide bonds. The lowest BCUT2D eigenvalue weighted by molar-refractivity contribution is -0.120. The summed E-state index contributed by atoms with van der Waals surface area (Å²) < 4.78 is -0.705. The zero-order chi connectivity index (χ0) is 10.6. The minimum Gasteiger partial charge on any atom is -0.368 e. The molecule has 14 heavy (non-hydrogen) atoms. The third-order valence-electron chi connectivity index (χ3n) is 2.22. The van der Waals surface area contributed by atoms with Crippen LogP contribution in [0.1, 0.15) is 25.3 Å². The highest BCUT2D eigenvalue weighted by Crippen LogP contribution is 2.35. The third kappa shape index (κ3) is 2.15. The van der Waals surface area contributed by atoms with E-state index in [0.29, 0.717) is 6.42 Å². The molecule has 0 saturated carbocycles. The molecule has 1 aromatic rings. The van der Waals surface area contributed by atoms with Gasteiger partial charge >= 0.3 is 0 Å². The molecule has 0 saturated heterocycles. The quantitative estimate of drug-likeness (QED) is 0.826. The molecule has 0 fully saturated rings. The van der Waals surface area contributed by atoms with Gasteiger partial charge in [0.15, 0.2) is 0 Å². The van der Waals surface area contributed by atoms with Crippen molar-refractivity contribution in [2.45, 2.75) is 24.1 Å². The van der Waals surface area contributed by atoms with Crippen molar-refractivity contribution in [1.29, 1.82) is 0 Å². The van der Waals surface area contributed by atoms with E-state index in [0.717, 1.165) is 12.0 Å². The monoisotopic (exact) mass is 255 g/mol. The summed E-state index contributed by atoms with van der Waals surface area (Å²) in [5.74, 6) is -0.328. The second kappa shape index (κ2) is 4.60. The Kier molecular flexibility index (Phi) is 3.69. The Hall–Kier alpha value is -0.830. The van der Waals surface area contributed by atoms with E-state index in [1.54, 1.807) is 0 Å². The van der Waals surface area contributed by atoms with Crippen molar-refractivity contribution < 1.29 is 4.79 Å². The number of hydrogen-bond acceptors (Lipinski definition) is 1. The molecule has 1 unspecified atom stereocenters. The van der Waals surface area contributed by atoms with E-state index < -0.39 is 4.32 Å². The summed E-state index contributed by atoms with van der Waals surface area (Å²) in [5, 5.41) is 0. The summed E-state index contributed by atoms with van der Waals surface area (Å²) in [6.45, 7) is 2.03. The second-order valence-electron chi connectivity index (χ2n) is 3.28. The minimum atomic E-state index is -0.705. The van der Waals surface area contributed by atoms with Gasteiger partial charge in [-0.25, -0.2) is 0 Å². The van der Waals surface area contributed by atoms with Crippen molar-refractivity contribution in [1.82, 2.24) is 0 Å². The van der Waals surface area contributed by atoms with Gasteiger partial charge < -0.3 is 5.73 Å². The van der Waals surface area contributed by atoms with Crippen molar-refractivity contribution in [3.63, 3.8) is 0 Å². The van der Waals surface area contributed by atoms with E-state index in [-0.39, 0.29) is 5.91 Å². The van der Waals surface area contributed by atoms with Crippen LogP contribution in [0.3, 0.4) is 0 Å². The van der Waals surface area contributed by atoms with E-state index in [2.05, 4.69) is 15.9 Å². The molecule has 0 heterocycles. The SMILES string of the molecule is CCCC(Br)(C(N)=O)c1ccccc1. The summed E-state index contributed by atoms with van der Waals surface area (Å²) >= 11 is 3.44. The van der Waals surface area contributed by atoms with E-state index in [4.69, 9.17) is 5.73 Å². The molecule has 2 N–H and O–H groups in total. The molecule has 0 spiro atoms. The molecule has 0 bridgehead atoms. The molecule has 1 atom stereocenters. The lowest BCUT2D eigenvalue weighted by Crippen LogP contribution is -2.35. The number of hydrogen-bond donors (Lipinski definition) is 1. The summed E-state index contributed by atoms with van der Waals surface area (Å²) in [5.41, 5.74) is 6.33. The normalized spacial score (nSPS) is 14.7. The Morgan fingerprint density at radius 3 is 2.43 bits per heavy atom. The number of carbonyl (C=O) groups excluding carboxylic acids is 1. The highest BCUT2D eigenvalue weighted by Gasteiger charge is 2.34. The summed E-state index contributed by atoms with van der Waals surface area (Å²) in [6.07, 6.45) is 1.62. The Bertz CT molecular complexity index is 312. The standard InChI is InChI=1S/C11H14BrNO/c1-2-8-11(12,10(13)14)9-6-4-3-5-7-9/h3-7H,2,8H2,1H3,(H2,13,14). The van der Waals surface area contributed by atoms with E-state index in [9.17, 15) is 4.79 Å². The maximum absolute atomic E-state index is 11.4. The van der Waals surface area contributed by atoms with Gasteiger partial charge in [0.1, 0.15) is 4.32 Å². The third-order valence-corrected chi connectivity index (χ3v) is 3.46. The first-order chi connectivity index (χ1) is 6.61. The van der Waals surface area contributed by atoms with Gasteiger partial charge in [0, 0.05) is 0 Å². The van der Waals surface area contributed by atoms with Crippen LogP contribution >= 0.6 is 15.9 Å². The topological polar surface area (TPSA) is 43.1 Å². The van der Waals surface area contributed by atoms with Gasteiger partial charge in [-0.05, 0) is 12.0 Å². The molecule has 3 heteroatoms. The zero-order valence-corrected chi connectivity index (χ0v) is 9.75. The van der Waals surface area contributed by atoms with E-state index >= 15 is 0 Å². The maximum Gasteiger partial charge on any atom is 0.238 e. The molecule has 1 rings (SSSR count). The summed E-state index contributed by atoms with van der Waals surface area (Å²) in [7, 11) is 0. The van der Waals surface area contributed by atoms with Crippen LogP contribution in [-0.2, 0) is 9.12 Å². The maximum atomic E-state index is 11.4. The van der Waals surface area contributed by atoms with Crippen molar-refractivity contribution in [3.8, 4) is 0 Å². The Morgan fingerprint density at radius 1 is 1.43 bits per heavy atom. The van der Waals surface area contributed by atoms with Crippen molar-refractivity contribution in [3.05, 3.63) is 35.9 Å². The molecule has 1 aromatic carbocycles. The largest absolute Gasteiger partial charge is 0.368 e. The van der Waals surface area contributed by atoms with Gasteiger partial charge in [0.2, 0.25) is 5.91 Å². The number of primary amides is 1. The predicted molar refractivity (Wildman–Crippen MR) is 61.1 cm³/mol. The Labute approximate surface area is 92.6 Å². The van der Waals surface area contributed by atoms with Gasteiger partial charge in [0.05, 0.1) is 0 Å². The lowest BCUT2D eigenvalue weighted by atomic mass is 9.94. The van der Waals surface area contributed by atoms with Gasteiger partial charge in [-0.15, -0.1) is 0 Å². The number of alkyl halides is 1.